The largest absolute Gasteiger partial charge is 0.307 e. The van der Waals surface area contributed by atoms with Gasteiger partial charge in [-0.2, -0.15) is 0 Å². The Labute approximate surface area is 103 Å². The fourth-order valence-corrected chi connectivity index (χ4v) is 3.77. The first-order valence-electron chi connectivity index (χ1n) is 6.49. The Kier molecular flexibility index (Phi) is 4.04. The third-order valence-corrected chi connectivity index (χ3v) is 4.36. The number of hydrogen-bond acceptors (Lipinski definition) is 2. The summed E-state index contributed by atoms with van der Waals surface area (Å²) >= 11 is 1.93. The van der Waals surface area contributed by atoms with Gasteiger partial charge in [0.05, 0.1) is 0 Å². The van der Waals surface area contributed by atoms with Crippen molar-refractivity contribution in [3.8, 4) is 0 Å². The van der Waals surface area contributed by atoms with Crippen molar-refractivity contribution >= 4 is 11.3 Å². The zero-order valence-corrected chi connectivity index (χ0v) is 11.4. The summed E-state index contributed by atoms with van der Waals surface area (Å²) in [7, 11) is 0. The summed E-state index contributed by atoms with van der Waals surface area (Å²) in [6.07, 6.45) is 5.23. The summed E-state index contributed by atoms with van der Waals surface area (Å²) in [5.74, 6) is 0.785. The second-order valence-corrected chi connectivity index (χ2v) is 6.44. The van der Waals surface area contributed by atoms with Crippen LogP contribution >= 0.6 is 11.3 Å². The van der Waals surface area contributed by atoms with Crippen LogP contribution in [0.5, 0.6) is 0 Å². The Bertz CT molecular complexity index is 329. The number of thiophene rings is 1. The minimum atomic E-state index is 0.615. The third kappa shape index (κ3) is 2.86. The predicted octanol–water partition coefficient (Wildman–Crippen LogP) is 4.15. The summed E-state index contributed by atoms with van der Waals surface area (Å²) in [6, 6.07) is 3.57. The maximum absolute atomic E-state index is 3.80. The van der Waals surface area contributed by atoms with E-state index in [4.69, 9.17) is 0 Å². The highest BCUT2D eigenvalue weighted by atomic mass is 32.1. The van der Waals surface area contributed by atoms with Crippen LogP contribution in [0.15, 0.2) is 11.4 Å². The molecule has 2 atom stereocenters. The smallest absolute Gasteiger partial charge is 0.0333 e. The van der Waals surface area contributed by atoms with Crippen molar-refractivity contribution < 1.29 is 0 Å². The molecule has 2 rings (SSSR count). The van der Waals surface area contributed by atoms with Crippen molar-refractivity contribution in [2.45, 2.75) is 58.5 Å². The minimum Gasteiger partial charge on any atom is -0.307 e. The Morgan fingerprint density at radius 2 is 2.25 bits per heavy atom. The molecule has 1 heterocycles. The number of nitrogens with one attached hydrogen (secondary N) is 1. The van der Waals surface area contributed by atoms with Gasteiger partial charge in [-0.05, 0) is 55.5 Å². The molecule has 1 nitrogen and oxygen atoms in total. The highest BCUT2D eigenvalue weighted by molar-refractivity contribution is 7.10. The van der Waals surface area contributed by atoms with Gasteiger partial charge in [-0.25, -0.2) is 0 Å². The van der Waals surface area contributed by atoms with Gasteiger partial charge >= 0.3 is 0 Å². The molecule has 1 aliphatic rings. The standard InChI is InChI=1S/C14H23NS/c1-10(2)9-11(3)15-13-5-4-6-14-12(13)7-8-16-14/h7-8,10-11,13,15H,4-6,9H2,1-3H3. The molecule has 90 valence electrons. The second-order valence-electron chi connectivity index (χ2n) is 5.44. The zero-order valence-electron chi connectivity index (χ0n) is 10.6. The Hall–Kier alpha value is -0.340. The lowest BCUT2D eigenvalue weighted by Gasteiger charge is -2.28. The van der Waals surface area contributed by atoms with Crippen LogP contribution in [0.25, 0.3) is 0 Å². The molecule has 1 N–H and O–H groups in total. The fourth-order valence-electron chi connectivity index (χ4n) is 2.78. The van der Waals surface area contributed by atoms with Gasteiger partial charge in [-0.1, -0.05) is 13.8 Å². The van der Waals surface area contributed by atoms with Gasteiger partial charge in [0.25, 0.3) is 0 Å². The molecule has 0 aromatic carbocycles. The van der Waals surface area contributed by atoms with Crippen LogP contribution in [0.1, 0.15) is 56.5 Å². The quantitative estimate of drug-likeness (QED) is 0.829. The number of rotatable bonds is 4. The normalized spacial score (nSPS) is 22.1. The molecule has 16 heavy (non-hydrogen) atoms. The lowest BCUT2D eigenvalue weighted by molar-refractivity contribution is 0.368. The van der Waals surface area contributed by atoms with Crippen LogP contribution in [-0.4, -0.2) is 6.04 Å². The number of aryl methyl sites for hydroxylation is 1. The average molecular weight is 237 g/mol. The highest BCUT2D eigenvalue weighted by Crippen LogP contribution is 2.33. The topological polar surface area (TPSA) is 12.0 Å². The van der Waals surface area contributed by atoms with E-state index < -0.39 is 0 Å². The van der Waals surface area contributed by atoms with E-state index in [2.05, 4.69) is 37.5 Å². The van der Waals surface area contributed by atoms with E-state index in [-0.39, 0.29) is 0 Å². The molecule has 0 fully saturated rings. The van der Waals surface area contributed by atoms with E-state index in [0.717, 1.165) is 5.92 Å². The van der Waals surface area contributed by atoms with Crippen molar-refractivity contribution in [2.75, 3.05) is 0 Å². The first-order valence-corrected chi connectivity index (χ1v) is 7.37. The van der Waals surface area contributed by atoms with Crippen LogP contribution in [-0.2, 0) is 6.42 Å². The van der Waals surface area contributed by atoms with Crippen molar-refractivity contribution in [2.24, 2.45) is 5.92 Å². The summed E-state index contributed by atoms with van der Waals surface area (Å²) < 4.78 is 0. The Morgan fingerprint density at radius 1 is 1.44 bits per heavy atom. The molecule has 0 spiro atoms. The van der Waals surface area contributed by atoms with Crippen molar-refractivity contribution in [3.05, 3.63) is 21.9 Å². The van der Waals surface area contributed by atoms with Gasteiger partial charge in [-0.3, -0.25) is 0 Å². The number of fused-ring (bicyclic) bond motifs is 1. The van der Waals surface area contributed by atoms with Gasteiger partial charge in [-0.15, -0.1) is 11.3 Å². The molecular weight excluding hydrogens is 214 g/mol. The SMILES string of the molecule is CC(C)CC(C)NC1CCCc2sccc21. The summed E-state index contributed by atoms with van der Waals surface area (Å²) in [5.41, 5.74) is 1.58. The molecule has 2 unspecified atom stereocenters. The van der Waals surface area contributed by atoms with E-state index in [0.29, 0.717) is 12.1 Å². The van der Waals surface area contributed by atoms with Gasteiger partial charge in [0, 0.05) is 17.0 Å². The maximum atomic E-state index is 3.80. The van der Waals surface area contributed by atoms with Crippen LogP contribution in [0.4, 0.5) is 0 Å². The molecule has 0 aliphatic heterocycles. The molecule has 0 bridgehead atoms. The second kappa shape index (κ2) is 5.33. The molecule has 0 saturated heterocycles. The third-order valence-electron chi connectivity index (χ3n) is 3.36. The van der Waals surface area contributed by atoms with Gasteiger partial charge in [0.2, 0.25) is 0 Å². The van der Waals surface area contributed by atoms with Crippen LogP contribution in [0.3, 0.4) is 0 Å². The van der Waals surface area contributed by atoms with E-state index in [1.54, 1.807) is 10.4 Å². The lowest BCUT2D eigenvalue weighted by atomic mass is 9.92. The van der Waals surface area contributed by atoms with Crippen LogP contribution < -0.4 is 5.32 Å². The van der Waals surface area contributed by atoms with Gasteiger partial charge in [0.1, 0.15) is 0 Å². The van der Waals surface area contributed by atoms with Crippen LogP contribution in [0, 0.1) is 5.92 Å². The predicted molar refractivity (Wildman–Crippen MR) is 72.1 cm³/mol. The summed E-state index contributed by atoms with van der Waals surface area (Å²) in [5, 5.41) is 6.05. The van der Waals surface area contributed by atoms with E-state index in [1.807, 2.05) is 11.3 Å². The molecule has 1 aromatic heterocycles. The molecule has 0 radical (unpaired) electrons. The average Bonchev–Trinajstić information content (AvgIpc) is 2.65. The molecule has 0 saturated carbocycles. The fraction of sp³-hybridized carbons (Fsp3) is 0.714. The monoisotopic (exact) mass is 237 g/mol. The summed E-state index contributed by atoms with van der Waals surface area (Å²) in [4.78, 5) is 1.61. The Morgan fingerprint density at radius 3 is 3.00 bits per heavy atom. The summed E-state index contributed by atoms with van der Waals surface area (Å²) in [6.45, 7) is 6.92. The zero-order chi connectivity index (χ0) is 11.5. The van der Waals surface area contributed by atoms with Gasteiger partial charge < -0.3 is 5.32 Å². The molecule has 2 heteroatoms. The van der Waals surface area contributed by atoms with Crippen LogP contribution in [0.2, 0.25) is 0 Å². The van der Waals surface area contributed by atoms with Crippen molar-refractivity contribution in [3.63, 3.8) is 0 Å². The lowest BCUT2D eigenvalue weighted by Crippen LogP contribution is -2.33. The van der Waals surface area contributed by atoms with Gasteiger partial charge in [0.15, 0.2) is 0 Å². The molecule has 1 aliphatic carbocycles. The first kappa shape index (κ1) is 12.1. The van der Waals surface area contributed by atoms with Crippen molar-refractivity contribution in [1.82, 2.24) is 5.32 Å². The molecule has 1 aromatic rings. The first-order chi connectivity index (χ1) is 7.66. The highest BCUT2D eigenvalue weighted by Gasteiger charge is 2.22. The number of hydrogen-bond donors (Lipinski definition) is 1. The van der Waals surface area contributed by atoms with E-state index in [9.17, 15) is 0 Å². The maximum Gasteiger partial charge on any atom is 0.0333 e. The van der Waals surface area contributed by atoms with Crippen molar-refractivity contribution in [1.29, 1.82) is 0 Å². The van der Waals surface area contributed by atoms with E-state index in [1.165, 1.54) is 25.7 Å². The Balaban J connectivity index is 1.97. The molecule has 0 amide bonds. The molecular formula is C14H23NS. The van der Waals surface area contributed by atoms with E-state index >= 15 is 0 Å². The minimum absolute atomic E-state index is 0.615.